The molecule has 0 saturated carbocycles. The fourth-order valence-electron chi connectivity index (χ4n) is 3.91. The highest BCUT2D eigenvalue weighted by atomic mass is 35.5. The highest BCUT2D eigenvalue weighted by Crippen LogP contribution is 2.23. The van der Waals surface area contributed by atoms with Crippen molar-refractivity contribution in [3.05, 3.63) is 34.9 Å². The molecule has 0 radical (unpaired) electrons. The van der Waals surface area contributed by atoms with Crippen molar-refractivity contribution in [1.82, 2.24) is 14.1 Å². The number of rotatable bonds is 6. The van der Waals surface area contributed by atoms with E-state index in [2.05, 4.69) is 16.7 Å². The Bertz CT molecular complexity index is 665. The van der Waals surface area contributed by atoms with Crippen LogP contribution in [0.1, 0.15) is 25.3 Å². The van der Waals surface area contributed by atoms with Crippen LogP contribution in [0, 0.1) is 5.92 Å². The number of piperazine rings is 1. The Balaban J connectivity index is 1.46. The number of piperidine rings is 1. The third-order valence-corrected chi connectivity index (χ3v) is 7.76. The van der Waals surface area contributed by atoms with E-state index < -0.39 is 10.0 Å². The summed E-state index contributed by atoms with van der Waals surface area (Å²) in [6.45, 7) is 10.4. The molecule has 2 heterocycles. The van der Waals surface area contributed by atoms with Gasteiger partial charge in [-0.2, -0.15) is 0 Å². The number of hydrogen-bond donors (Lipinski definition) is 0. The van der Waals surface area contributed by atoms with E-state index in [1.165, 1.54) is 0 Å². The average Bonchev–Trinajstić information content (AvgIpc) is 2.64. The van der Waals surface area contributed by atoms with Gasteiger partial charge in [0.25, 0.3) is 0 Å². The maximum absolute atomic E-state index is 12.7. The van der Waals surface area contributed by atoms with E-state index in [4.69, 9.17) is 11.6 Å². The van der Waals surface area contributed by atoms with E-state index in [9.17, 15) is 8.42 Å². The normalized spacial score (nSPS) is 21.9. The zero-order chi connectivity index (χ0) is 18.6. The highest BCUT2D eigenvalue weighted by Gasteiger charge is 2.29. The molecule has 0 amide bonds. The number of sulfonamides is 1. The van der Waals surface area contributed by atoms with Gasteiger partial charge in [0.1, 0.15) is 0 Å². The summed E-state index contributed by atoms with van der Waals surface area (Å²) >= 11 is 5.88. The maximum Gasteiger partial charge on any atom is 0.218 e. The SMILES string of the molecule is CCN1CCN(CC2CCN(S(=O)(=O)Cc3ccc(Cl)cc3)CC2)CC1. The number of halogens is 1. The fourth-order valence-corrected chi connectivity index (χ4v) is 5.60. The van der Waals surface area contributed by atoms with Crippen molar-refractivity contribution in [2.75, 3.05) is 52.4 Å². The second-order valence-corrected chi connectivity index (χ2v) is 9.87. The van der Waals surface area contributed by atoms with Crippen LogP contribution in [0.25, 0.3) is 0 Å². The molecule has 146 valence electrons. The zero-order valence-electron chi connectivity index (χ0n) is 15.6. The molecule has 1 aromatic rings. The van der Waals surface area contributed by atoms with Crippen molar-refractivity contribution < 1.29 is 8.42 Å². The van der Waals surface area contributed by atoms with E-state index in [-0.39, 0.29) is 5.75 Å². The molecular weight excluding hydrogens is 370 g/mol. The largest absolute Gasteiger partial charge is 0.301 e. The lowest BCUT2D eigenvalue weighted by Gasteiger charge is -2.38. The van der Waals surface area contributed by atoms with E-state index in [0.29, 0.717) is 24.0 Å². The summed E-state index contributed by atoms with van der Waals surface area (Å²) < 4.78 is 27.0. The van der Waals surface area contributed by atoms with Gasteiger partial charge in [0.05, 0.1) is 5.75 Å². The third-order valence-electron chi connectivity index (χ3n) is 5.66. The van der Waals surface area contributed by atoms with Crippen molar-refractivity contribution in [3.8, 4) is 0 Å². The van der Waals surface area contributed by atoms with Crippen molar-refractivity contribution in [1.29, 1.82) is 0 Å². The standard InChI is InChI=1S/C19H30ClN3O2S/c1-2-21-11-13-22(14-12-21)15-17-7-9-23(10-8-17)26(24,25)16-18-3-5-19(20)6-4-18/h3-6,17H,2,7-16H2,1H3. The van der Waals surface area contributed by atoms with Crippen LogP contribution in [-0.2, 0) is 15.8 Å². The minimum atomic E-state index is -3.25. The Morgan fingerprint density at radius 1 is 0.962 bits per heavy atom. The summed E-state index contributed by atoms with van der Waals surface area (Å²) in [6, 6.07) is 7.08. The first kappa shape index (κ1) is 20.1. The van der Waals surface area contributed by atoms with Gasteiger partial charge in [0.15, 0.2) is 0 Å². The molecule has 2 fully saturated rings. The molecule has 0 atom stereocenters. The van der Waals surface area contributed by atoms with Gasteiger partial charge in [-0.25, -0.2) is 12.7 Å². The molecule has 0 bridgehead atoms. The minimum absolute atomic E-state index is 0.0633. The van der Waals surface area contributed by atoms with E-state index >= 15 is 0 Å². The van der Waals surface area contributed by atoms with Crippen molar-refractivity contribution in [3.63, 3.8) is 0 Å². The number of hydrogen-bond acceptors (Lipinski definition) is 4. The summed E-state index contributed by atoms with van der Waals surface area (Å²) in [4.78, 5) is 5.04. The van der Waals surface area contributed by atoms with Crippen LogP contribution in [0.2, 0.25) is 5.02 Å². The number of likely N-dealkylation sites (N-methyl/N-ethyl adjacent to an activating group) is 1. The van der Waals surface area contributed by atoms with Crippen LogP contribution < -0.4 is 0 Å². The first-order valence-electron chi connectivity index (χ1n) is 9.63. The molecule has 1 aromatic carbocycles. The van der Waals surface area contributed by atoms with Crippen LogP contribution in [0.3, 0.4) is 0 Å². The topological polar surface area (TPSA) is 43.9 Å². The monoisotopic (exact) mass is 399 g/mol. The van der Waals surface area contributed by atoms with Crippen molar-refractivity contribution in [2.45, 2.75) is 25.5 Å². The van der Waals surface area contributed by atoms with Crippen LogP contribution in [0.15, 0.2) is 24.3 Å². The summed E-state index contributed by atoms with van der Waals surface area (Å²) in [6.07, 6.45) is 1.93. The van der Waals surface area contributed by atoms with E-state index in [1.54, 1.807) is 28.6 Å². The van der Waals surface area contributed by atoms with Crippen LogP contribution >= 0.6 is 11.6 Å². The Kier molecular flexibility index (Phi) is 6.97. The minimum Gasteiger partial charge on any atom is -0.301 e. The Labute approximate surface area is 163 Å². The fraction of sp³-hybridized carbons (Fsp3) is 0.684. The Morgan fingerprint density at radius 3 is 2.12 bits per heavy atom. The predicted molar refractivity (Wildman–Crippen MR) is 107 cm³/mol. The average molecular weight is 400 g/mol. The third kappa shape index (κ3) is 5.42. The Hall–Kier alpha value is -0.660. The van der Waals surface area contributed by atoms with E-state index in [1.807, 2.05) is 0 Å². The van der Waals surface area contributed by atoms with E-state index in [0.717, 1.165) is 57.7 Å². The molecule has 2 aliphatic heterocycles. The molecule has 0 N–H and O–H groups in total. The lowest BCUT2D eigenvalue weighted by molar-refractivity contribution is 0.109. The van der Waals surface area contributed by atoms with Gasteiger partial charge in [-0.15, -0.1) is 0 Å². The molecule has 7 heteroatoms. The maximum atomic E-state index is 12.7. The van der Waals surface area contributed by atoms with Gasteiger partial charge >= 0.3 is 0 Å². The van der Waals surface area contributed by atoms with Gasteiger partial charge in [-0.3, -0.25) is 0 Å². The number of benzene rings is 1. The lowest BCUT2D eigenvalue weighted by Crippen LogP contribution is -2.49. The molecule has 0 aliphatic carbocycles. The van der Waals surface area contributed by atoms with Crippen LogP contribution in [0.4, 0.5) is 0 Å². The van der Waals surface area contributed by atoms with Crippen LogP contribution in [-0.4, -0.2) is 74.9 Å². The first-order chi connectivity index (χ1) is 12.5. The molecule has 5 nitrogen and oxygen atoms in total. The van der Waals surface area contributed by atoms with Gasteiger partial charge in [0.2, 0.25) is 10.0 Å². The second-order valence-electron chi connectivity index (χ2n) is 7.46. The van der Waals surface area contributed by atoms with Gasteiger partial charge < -0.3 is 9.80 Å². The molecule has 3 rings (SSSR count). The molecule has 2 aliphatic rings. The van der Waals surface area contributed by atoms with Gasteiger partial charge in [0, 0.05) is 50.8 Å². The summed E-state index contributed by atoms with van der Waals surface area (Å²) in [5.74, 6) is 0.679. The molecular formula is C19H30ClN3O2S. The molecule has 0 aromatic heterocycles. The molecule has 0 spiro atoms. The van der Waals surface area contributed by atoms with Crippen molar-refractivity contribution in [2.24, 2.45) is 5.92 Å². The van der Waals surface area contributed by atoms with Gasteiger partial charge in [-0.1, -0.05) is 30.7 Å². The zero-order valence-corrected chi connectivity index (χ0v) is 17.2. The quantitative estimate of drug-likeness (QED) is 0.737. The van der Waals surface area contributed by atoms with Crippen molar-refractivity contribution >= 4 is 21.6 Å². The van der Waals surface area contributed by atoms with Crippen LogP contribution in [0.5, 0.6) is 0 Å². The smallest absolute Gasteiger partial charge is 0.218 e. The Morgan fingerprint density at radius 2 is 1.54 bits per heavy atom. The lowest BCUT2D eigenvalue weighted by atomic mass is 9.97. The first-order valence-corrected chi connectivity index (χ1v) is 11.6. The van der Waals surface area contributed by atoms with Gasteiger partial charge in [-0.05, 0) is 43.0 Å². The number of nitrogens with zero attached hydrogens (tertiary/aromatic N) is 3. The second kappa shape index (κ2) is 9.02. The highest BCUT2D eigenvalue weighted by molar-refractivity contribution is 7.88. The summed E-state index contributed by atoms with van der Waals surface area (Å²) in [5.41, 5.74) is 0.797. The predicted octanol–water partition coefficient (Wildman–Crippen LogP) is 2.52. The molecule has 0 unspecified atom stereocenters. The molecule has 2 saturated heterocycles. The summed E-state index contributed by atoms with van der Waals surface area (Å²) in [5, 5.41) is 0.631. The molecule has 26 heavy (non-hydrogen) atoms. The summed E-state index contributed by atoms with van der Waals surface area (Å²) in [7, 11) is -3.25.